The lowest BCUT2D eigenvalue weighted by atomic mass is 9.82. The van der Waals surface area contributed by atoms with Gasteiger partial charge in [-0.2, -0.15) is 0 Å². The van der Waals surface area contributed by atoms with Crippen molar-refractivity contribution in [3.05, 3.63) is 65.5 Å². The molecule has 0 bridgehead atoms. The number of hydrogen-bond acceptors (Lipinski definition) is 3. The summed E-state index contributed by atoms with van der Waals surface area (Å²) in [4.78, 5) is 7.09. The standard InChI is InChI=1S/C20H27N3/c1-16-5-7-17(8-6-16)15-23-12-9-18(10-13-23)19(14-21)20-4-2-3-11-22-20/h2-8,11,18-19H,9-10,12-15,21H2,1H3. The Morgan fingerprint density at radius 3 is 2.48 bits per heavy atom. The van der Waals surface area contributed by atoms with Crippen molar-refractivity contribution in [2.24, 2.45) is 11.7 Å². The first-order chi connectivity index (χ1) is 11.3. The van der Waals surface area contributed by atoms with E-state index in [0.29, 0.717) is 18.4 Å². The van der Waals surface area contributed by atoms with Crippen LogP contribution in [0.5, 0.6) is 0 Å². The fourth-order valence-electron chi connectivity index (χ4n) is 3.62. The molecular weight excluding hydrogens is 282 g/mol. The number of nitrogens with two attached hydrogens (primary N) is 1. The number of likely N-dealkylation sites (tertiary alicyclic amines) is 1. The SMILES string of the molecule is Cc1ccc(CN2CCC(C(CN)c3ccccn3)CC2)cc1. The molecule has 1 aromatic carbocycles. The second-order valence-electron chi connectivity index (χ2n) is 6.70. The smallest absolute Gasteiger partial charge is 0.0449 e. The molecule has 0 spiro atoms. The maximum atomic E-state index is 6.05. The van der Waals surface area contributed by atoms with E-state index in [1.807, 2.05) is 12.3 Å². The number of hydrogen-bond donors (Lipinski definition) is 1. The van der Waals surface area contributed by atoms with Crippen molar-refractivity contribution >= 4 is 0 Å². The van der Waals surface area contributed by atoms with Crippen LogP contribution in [0.1, 0.15) is 35.6 Å². The minimum Gasteiger partial charge on any atom is -0.330 e. The van der Waals surface area contributed by atoms with Crippen molar-refractivity contribution in [2.75, 3.05) is 19.6 Å². The predicted molar refractivity (Wildman–Crippen MR) is 95.2 cm³/mol. The largest absolute Gasteiger partial charge is 0.330 e. The minimum absolute atomic E-state index is 0.401. The van der Waals surface area contributed by atoms with Gasteiger partial charge in [-0.1, -0.05) is 35.9 Å². The van der Waals surface area contributed by atoms with Gasteiger partial charge >= 0.3 is 0 Å². The van der Waals surface area contributed by atoms with Crippen LogP contribution in [-0.4, -0.2) is 29.5 Å². The van der Waals surface area contributed by atoms with E-state index in [4.69, 9.17) is 5.73 Å². The Hall–Kier alpha value is -1.71. The number of pyridine rings is 1. The van der Waals surface area contributed by atoms with E-state index >= 15 is 0 Å². The zero-order valence-corrected chi connectivity index (χ0v) is 14.0. The summed E-state index contributed by atoms with van der Waals surface area (Å²) < 4.78 is 0. The third-order valence-electron chi connectivity index (χ3n) is 5.05. The molecule has 1 unspecified atom stereocenters. The predicted octanol–water partition coefficient (Wildman–Crippen LogP) is 3.34. The zero-order valence-electron chi connectivity index (χ0n) is 14.0. The molecule has 23 heavy (non-hydrogen) atoms. The third kappa shape index (κ3) is 4.18. The van der Waals surface area contributed by atoms with Gasteiger partial charge in [-0.05, 0) is 56.5 Å². The highest BCUT2D eigenvalue weighted by molar-refractivity contribution is 5.21. The highest BCUT2D eigenvalue weighted by Gasteiger charge is 2.27. The Labute approximate surface area is 139 Å². The average molecular weight is 309 g/mol. The fourth-order valence-corrected chi connectivity index (χ4v) is 3.62. The van der Waals surface area contributed by atoms with Gasteiger partial charge in [0.15, 0.2) is 0 Å². The summed E-state index contributed by atoms with van der Waals surface area (Å²) in [6.07, 6.45) is 4.30. The number of rotatable bonds is 5. The lowest BCUT2D eigenvalue weighted by Gasteiger charge is -2.35. The van der Waals surface area contributed by atoms with Crippen LogP contribution in [0.2, 0.25) is 0 Å². The summed E-state index contributed by atoms with van der Waals surface area (Å²) in [5.74, 6) is 1.06. The van der Waals surface area contributed by atoms with Gasteiger partial charge in [-0.25, -0.2) is 0 Å². The molecule has 1 saturated heterocycles. The lowest BCUT2D eigenvalue weighted by molar-refractivity contribution is 0.162. The van der Waals surface area contributed by atoms with Crippen LogP contribution in [0.3, 0.4) is 0 Å². The number of nitrogens with zero attached hydrogens (tertiary/aromatic N) is 2. The summed E-state index contributed by atoms with van der Waals surface area (Å²) in [5.41, 5.74) is 9.95. The number of aryl methyl sites for hydroxylation is 1. The summed E-state index contributed by atoms with van der Waals surface area (Å²) in [5, 5.41) is 0. The third-order valence-corrected chi connectivity index (χ3v) is 5.05. The molecule has 1 fully saturated rings. The van der Waals surface area contributed by atoms with E-state index in [1.165, 1.54) is 24.0 Å². The molecule has 1 aliphatic rings. The summed E-state index contributed by atoms with van der Waals surface area (Å²) in [7, 11) is 0. The van der Waals surface area contributed by atoms with Crippen molar-refractivity contribution in [3.8, 4) is 0 Å². The van der Waals surface area contributed by atoms with E-state index in [0.717, 1.165) is 25.3 Å². The topological polar surface area (TPSA) is 42.1 Å². The molecular formula is C20H27N3. The van der Waals surface area contributed by atoms with E-state index in [2.05, 4.69) is 53.2 Å². The Balaban J connectivity index is 1.56. The first kappa shape index (κ1) is 16.2. The second-order valence-corrected chi connectivity index (χ2v) is 6.70. The number of piperidine rings is 1. The first-order valence-corrected chi connectivity index (χ1v) is 8.65. The molecule has 3 nitrogen and oxygen atoms in total. The van der Waals surface area contributed by atoms with Crippen molar-refractivity contribution in [1.29, 1.82) is 0 Å². The van der Waals surface area contributed by atoms with Gasteiger partial charge in [0.25, 0.3) is 0 Å². The van der Waals surface area contributed by atoms with Crippen LogP contribution in [0.25, 0.3) is 0 Å². The minimum atomic E-state index is 0.401. The Morgan fingerprint density at radius 1 is 1.13 bits per heavy atom. The molecule has 3 rings (SSSR count). The van der Waals surface area contributed by atoms with Crippen LogP contribution >= 0.6 is 0 Å². The molecule has 2 N–H and O–H groups in total. The summed E-state index contributed by atoms with van der Waals surface area (Å²) >= 11 is 0. The Morgan fingerprint density at radius 2 is 1.87 bits per heavy atom. The first-order valence-electron chi connectivity index (χ1n) is 8.65. The summed E-state index contributed by atoms with van der Waals surface area (Å²) in [6, 6.07) is 15.1. The molecule has 0 amide bonds. The number of aromatic nitrogens is 1. The quantitative estimate of drug-likeness (QED) is 0.921. The van der Waals surface area contributed by atoms with E-state index in [-0.39, 0.29) is 0 Å². The van der Waals surface area contributed by atoms with Crippen molar-refractivity contribution in [1.82, 2.24) is 9.88 Å². The molecule has 0 radical (unpaired) electrons. The van der Waals surface area contributed by atoms with Crippen molar-refractivity contribution in [3.63, 3.8) is 0 Å². The molecule has 1 aliphatic heterocycles. The van der Waals surface area contributed by atoms with Gasteiger partial charge in [0.1, 0.15) is 0 Å². The lowest BCUT2D eigenvalue weighted by Crippen LogP contribution is -2.37. The molecule has 0 saturated carbocycles. The van der Waals surface area contributed by atoms with E-state index in [9.17, 15) is 0 Å². The van der Waals surface area contributed by atoms with Gasteiger partial charge in [0.2, 0.25) is 0 Å². The molecule has 3 heteroatoms. The molecule has 1 atom stereocenters. The Bertz CT molecular complexity index is 586. The highest BCUT2D eigenvalue weighted by atomic mass is 15.1. The normalized spacial score (nSPS) is 18.0. The van der Waals surface area contributed by atoms with Crippen LogP contribution in [0, 0.1) is 12.8 Å². The molecule has 122 valence electrons. The van der Waals surface area contributed by atoms with Crippen LogP contribution in [-0.2, 0) is 6.54 Å². The molecule has 2 heterocycles. The Kier molecular flexibility index (Phi) is 5.42. The fraction of sp³-hybridized carbons (Fsp3) is 0.450. The van der Waals surface area contributed by atoms with Crippen molar-refractivity contribution in [2.45, 2.75) is 32.2 Å². The van der Waals surface area contributed by atoms with Gasteiger partial charge in [-0.3, -0.25) is 9.88 Å². The van der Waals surface area contributed by atoms with Gasteiger partial charge in [0.05, 0.1) is 0 Å². The molecule has 2 aromatic rings. The summed E-state index contributed by atoms with van der Waals surface area (Å²) in [6.45, 7) is 6.20. The van der Waals surface area contributed by atoms with E-state index < -0.39 is 0 Å². The van der Waals surface area contributed by atoms with Gasteiger partial charge < -0.3 is 5.73 Å². The van der Waals surface area contributed by atoms with Gasteiger partial charge in [0, 0.05) is 30.9 Å². The second kappa shape index (κ2) is 7.71. The maximum Gasteiger partial charge on any atom is 0.0449 e. The van der Waals surface area contributed by atoms with Crippen LogP contribution in [0.15, 0.2) is 48.7 Å². The average Bonchev–Trinajstić information content (AvgIpc) is 2.60. The van der Waals surface area contributed by atoms with Crippen LogP contribution < -0.4 is 5.73 Å². The molecule has 0 aliphatic carbocycles. The van der Waals surface area contributed by atoms with Crippen molar-refractivity contribution < 1.29 is 0 Å². The highest BCUT2D eigenvalue weighted by Crippen LogP contribution is 2.31. The zero-order chi connectivity index (χ0) is 16.1. The van der Waals surface area contributed by atoms with Crippen LogP contribution in [0.4, 0.5) is 0 Å². The molecule has 1 aromatic heterocycles. The monoisotopic (exact) mass is 309 g/mol. The number of benzene rings is 1. The van der Waals surface area contributed by atoms with E-state index in [1.54, 1.807) is 0 Å². The maximum absolute atomic E-state index is 6.05. The van der Waals surface area contributed by atoms with Gasteiger partial charge in [-0.15, -0.1) is 0 Å².